The number of aliphatic hydroxyl groups is 1. The highest BCUT2D eigenvalue weighted by atomic mass is 32.2. The Morgan fingerprint density at radius 1 is 1.45 bits per heavy atom. The first kappa shape index (κ1) is 16.7. The van der Waals surface area contributed by atoms with Crippen LogP contribution in [-0.2, 0) is 10.0 Å². The van der Waals surface area contributed by atoms with Crippen LogP contribution in [0.3, 0.4) is 0 Å². The molecule has 1 aromatic rings. The van der Waals surface area contributed by atoms with Crippen LogP contribution < -0.4 is 4.72 Å². The van der Waals surface area contributed by atoms with E-state index in [-0.39, 0.29) is 23.1 Å². The van der Waals surface area contributed by atoms with Gasteiger partial charge in [0.25, 0.3) is 0 Å². The van der Waals surface area contributed by atoms with Crippen LogP contribution in [0.25, 0.3) is 0 Å². The molecule has 0 aliphatic carbocycles. The smallest absolute Gasteiger partial charge is 0.371 e. The summed E-state index contributed by atoms with van der Waals surface area (Å²) in [6.45, 7) is 5.06. The Bertz CT molecular complexity index is 575. The van der Waals surface area contributed by atoms with Gasteiger partial charge < -0.3 is 14.6 Å². The van der Waals surface area contributed by atoms with Gasteiger partial charge in [-0.25, -0.2) is 17.9 Å². The fourth-order valence-corrected chi connectivity index (χ4v) is 3.00. The molecule has 7 nitrogen and oxygen atoms in total. The fraction of sp³-hybridized carbons (Fsp3) is 0.583. The molecule has 0 bridgehead atoms. The van der Waals surface area contributed by atoms with E-state index in [0.717, 1.165) is 6.07 Å². The van der Waals surface area contributed by atoms with E-state index in [2.05, 4.69) is 4.72 Å². The van der Waals surface area contributed by atoms with Crippen molar-refractivity contribution in [2.45, 2.75) is 38.2 Å². The lowest BCUT2D eigenvalue weighted by Gasteiger charge is -2.13. The number of furan rings is 1. The maximum atomic E-state index is 12.0. The van der Waals surface area contributed by atoms with Crippen LogP contribution in [0.4, 0.5) is 0 Å². The van der Waals surface area contributed by atoms with Gasteiger partial charge in [-0.05, 0) is 19.3 Å². The van der Waals surface area contributed by atoms with Crippen LogP contribution in [0, 0.1) is 12.8 Å². The second kappa shape index (κ2) is 6.38. The third kappa shape index (κ3) is 4.32. The number of aliphatic hydroxyl groups excluding tert-OH is 1. The zero-order valence-corrected chi connectivity index (χ0v) is 12.4. The predicted octanol–water partition coefficient (Wildman–Crippen LogP) is 0.972. The minimum atomic E-state index is -3.90. The molecule has 3 N–H and O–H groups in total. The number of aryl methyl sites for hydroxylation is 1. The highest BCUT2D eigenvalue weighted by Crippen LogP contribution is 2.20. The van der Waals surface area contributed by atoms with E-state index in [1.165, 1.54) is 6.92 Å². The maximum absolute atomic E-state index is 12.0. The van der Waals surface area contributed by atoms with Crippen molar-refractivity contribution in [2.75, 3.05) is 6.54 Å². The van der Waals surface area contributed by atoms with Gasteiger partial charge in [-0.3, -0.25) is 0 Å². The first-order chi connectivity index (χ1) is 9.13. The molecule has 0 radical (unpaired) electrons. The number of carboxylic acids is 1. The van der Waals surface area contributed by atoms with E-state index in [9.17, 15) is 18.3 Å². The standard InChI is InChI=1S/C12H19NO6S/c1-7(2)4-9(14)6-13-20(17,18)11-5-10(12(15)16)19-8(11)3/h5,7,9,13-14H,4,6H2,1-3H3,(H,15,16). The van der Waals surface area contributed by atoms with Gasteiger partial charge in [0, 0.05) is 12.6 Å². The van der Waals surface area contributed by atoms with Gasteiger partial charge in [0.15, 0.2) is 0 Å². The lowest BCUT2D eigenvalue weighted by molar-refractivity contribution is 0.0661. The number of nitrogens with one attached hydrogen (secondary N) is 1. The van der Waals surface area contributed by atoms with Crippen molar-refractivity contribution in [1.82, 2.24) is 4.72 Å². The van der Waals surface area contributed by atoms with Crippen LogP contribution in [-0.4, -0.2) is 37.2 Å². The molecule has 1 aromatic heterocycles. The molecule has 1 rings (SSSR count). The van der Waals surface area contributed by atoms with E-state index >= 15 is 0 Å². The number of hydrogen-bond donors (Lipinski definition) is 3. The van der Waals surface area contributed by atoms with Gasteiger partial charge >= 0.3 is 5.97 Å². The van der Waals surface area contributed by atoms with E-state index in [1.54, 1.807) is 0 Å². The molecule has 114 valence electrons. The first-order valence-corrected chi connectivity index (χ1v) is 7.63. The van der Waals surface area contributed by atoms with Crippen LogP contribution >= 0.6 is 0 Å². The summed E-state index contributed by atoms with van der Waals surface area (Å²) in [7, 11) is -3.90. The Morgan fingerprint density at radius 2 is 2.05 bits per heavy atom. The minimum absolute atomic E-state index is 0.00625. The van der Waals surface area contributed by atoms with Crippen LogP contribution in [0.1, 0.15) is 36.6 Å². The lowest BCUT2D eigenvalue weighted by atomic mass is 10.1. The maximum Gasteiger partial charge on any atom is 0.371 e. The molecule has 0 saturated carbocycles. The topological polar surface area (TPSA) is 117 Å². The molecule has 1 unspecified atom stereocenters. The van der Waals surface area contributed by atoms with E-state index in [4.69, 9.17) is 9.52 Å². The second-order valence-corrected chi connectivity index (χ2v) is 6.71. The van der Waals surface area contributed by atoms with Crippen LogP contribution in [0.15, 0.2) is 15.4 Å². The zero-order chi connectivity index (χ0) is 15.5. The van der Waals surface area contributed by atoms with Crippen molar-refractivity contribution in [3.63, 3.8) is 0 Å². The average molecular weight is 305 g/mol. The quantitative estimate of drug-likeness (QED) is 0.691. The van der Waals surface area contributed by atoms with Crippen molar-refractivity contribution in [3.8, 4) is 0 Å². The summed E-state index contributed by atoms with van der Waals surface area (Å²) in [5.74, 6) is -1.54. The van der Waals surface area contributed by atoms with Crippen molar-refractivity contribution in [1.29, 1.82) is 0 Å². The summed E-state index contributed by atoms with van der Waals surface area (Å²) in [4.78, 5) is 10.5. The SMILES string of the molecule is Cc1oc(C(=O)O)cc1S(=O)(=O)NCC(O)CC(C)C. The summed E-state index contributed by atoms with van der Waals surface area (Å²) in [5, 5.41) is 18.4. The Balaban J connectivity index is 2.81. The number of rotatable bonds is 7. The molecule has 1 heterocycles. The largest absolute Gasteiger partial charge is 0.475 e. The van der Waals surface area contributed by atoms with Gasteiger partial charge in [-0.2, -0.15) is 0 Å². The lowest BCUT2D eigenvalue weighted by Crippen LogP contribution is -2.33. The molecular weight excluding hydrogens is 286 g/mol. The molecule has 20 heavy (non-hydrogen) atoms. The summed E-state index contributed by atoms with van der Waals surface area (Å²) >= 11 is 0. The summed E-state index contributed by atoms with van der Waals surface area (Å²) in [6, 6.07) is 0.953. The Kier molecular flexibility index (Phi) is 5.32. The van der Waals surface area contributed by atoms with Crippen molar-refractivity contribution in [2.24, 2.45) is 5.92 Å². The molecule has 0 spiro atoms. The van der Waals surface area contributed by atoms with Gasteiger partial charge in [-0.1, -0.05) is 13.8 Å². The van der Waals surface area contributed by atoms with Gasteiger partial charge in [0.05, 0.1) is 6.10 Å². The third-order valence-corrected chi connectivity index (χ3v) is 4.16. The van der Waals surface area contributed by atoms with E-state index < -0.39 is 27.9 Å². The van der Waals surface area contributed by atoms with Crippen molar-refractivity contribution < 1.29 is 27.8 Å². The first-order valence-electron chi connectivity index (χ1n) is 6.15. The highest BCUT2D eigenvalue weighted by Gasteiger charge is 2.24. The summed E-state index contributed by atoms with van der Waals surface area (Å²) < 4.78 is 31.1. The molecule has 0 aliphatic heterocycles. The fourth-order valence-electron chi connectivity index (χ4n) is 1.75. The number of carboxylic acid groups (broad SMARTS) is 1. The normalized spacial score (nSPS) is 13.7. The molecule has 0 amide bonds. The second-order valence-electron chi connectivity index (χ2n) is 4.97. The molecule has 0 fully saturated rings. The third-order valence-electron chi connectivity index (χ3n) is 2.62. The Morgan fingerprint density at radius 3 is 2.50 bits per heavy atom. The summed E-state index contributed by atoms with van der Waals surface area (Å²) in [5.41, 5.74) is 0. The number of carbonyl (C=O) groups is 1. The van der Waals surface area contributed by atoms with Gasteiger partial charge in [-0.15, -0.1) is 0 Å². The molecule has 0 aromatic carbocycles. The number of sulfonamides is 1. The zero-order valence-electron chi connectivity index (χ0n) is 11.6. The Labute approximate surface area is 117 Å². The molecular formula is C12H19NO6S. The number of hydrogen-bond acceptors (Lipinski definition) is 5. The van der Waals surface area contributed by atoms with Gasteiger partial charge in [0.1, 0.15) is 10.7 Å². The molecule has 1 atom stereocenters. The van der Waals surface area contributed by atoms with Crippen LogP contribution in [0.5, 0.6) is 0 Å². The molecule has 8 heteroatoms. The van der Waals surface area contributed by atoms with Gasteiger partial charge in [0.2, 0.25) is 15.8 Å². The monoisotopic (exact) mass is 305 g/mol. The van der Waals surface area contributed by atoms with E-state index in [1.807, 2.05) is 13.8 Å². The summed E-state index contributed by atoms with van der Waals surface area (Å²) in [6.07, 6.45) is -0.330. The minimum Gasteiger partial charge on any atom is -0.475 e. The van der Waals surface area contributed by atoms with Crippen molar-refractivity contribution in [3.05, 3.63) is 17.6 Å². The van der Waals surface area contributed by atoms with E-state index in [0.29, 0.717) is 6.42 Å². The Hall–Kier alpha value is -1.38. The van der Waals surface area contributed by atoms with Crippen LogP contribution in [0.2, 0.25) is 0 Å². The molecule has 0 aliphatic rings. The van der Waals surface area contributed by atoms with Crippen molar-refractivity contribution >= 4 is 16.0 Å². The highest BCUT2D eigenvalue weighted by molar-refractivity contribution is 7.89. The predicted molar refractivity (Wildman–Crippen MR) is 71.1 cm³/mol. The average Bonchev–Trinajstić information content (AvgIpc) is 2.69. The molecule has 0 saturated heterocycles. The number of aromatic carboxylic acids is 1.